The minimum absolute atomic E-state index is 0.0715. The molecule has 0 aliphatic rings. The third-order valence-electron chi connectivity index (χ3n) is 3.52. The minimum Gasteiger partial charge on any atom is -0.380 e. The van der Waals surface area contributed by atoms with Gasteiger partial charge in [0.2, 0.25) is 0 Å². The molecule has 2 N–H and O–H groups in total. The Morgan fingerprint density at radius 3 is 2.08 bits per heavy atom. The van der Waals surface area contributed by atoms with Crippen LogP contribution in [0.4, 0.5) is 11.4 Å². The number of pyridine rings is 1. The van der Waals surface area contributed by atoms with Crippen molar-refractivity contribution in [2.24, 2.45) is 0 Å². The zero-order valence-electron chi connectivity index (χ0n) is 15.4. The number of amides is 1. The van der Waals surface area contributed by atoms with Crippen LogP contribution in [0.5, 0.6) is 0 Å². The Bertz CT molecular complexity index is 707. The van der Waals surface area contributed by atoms with Crippen molar-refractivity contribution in [3.63, 3.8) is 0 Å². The third kappa shape index (κ3) is 5.08. The largest absolute Gasteiger partial charge is 0.380 e. The van der Waals surface area contributed by atoms with Gasteiger partial charge in [0.05, 0.1) is 0 Å². The van der Waals surface area contributed by atoms with Gasteiger partial charge in [0.15, 0.2) is 0 Å². The van der Waals surface area contributed by atoms with Gasteiger partial charge in [-0.05, 0) is 56.0 Å². The van der Waals surface area contributed by atoms with Crippen molar-refractivity contribution in [1.29, 1.82) is 0 Å². The smallest absolute Gasteiger partial charge is 0.274 e. The maximum absolute atomic E-state index is 12.4. The molecule has 0 saturated carbocycles. The number of nitrogens with one attached hydrogen (secondary N) is 2. The van der Waals surface area contributed by atoms with Crippen molar-refractivity contribution in [2.75, 3.05) is 10.6 Å². The van der Waals surface area contributed by atoms with E-state index in [4.69, 9.17) is 0 Å². The van der Waals surface area contributed by atoms with E-state index in [1.807, 2.05) is 30.3 Å². The van der Waals surface area contributed by atoms with Gasteiger partial charge in [-0.2, -0.15) is 0 Å². The van der Waals surface area contributed by atoms with E-state index in [1.165, 1.54) is 5.56 Å². The van der Waals surface area contributed by atoms with Crippen LogP contribution in [-0.2, 0) is 5.41 Å². The minimum atomic E-state index is -0.212. The van der Waals surface area contributed by atoms with Crippen LogP contribution >= 0.6 is 0 Å². The van der Waals surface area contributed by atoms with Gasteiger partial charge in [0, 0.05) is 23.1 Å². The number of aromatic nitrogens is 1. The summed E-state index contributed by atoms with van der Waals surface area (Å²) in [6, 6.07) is 11.6. The maximum atomic E-state index is 12.4. The molecule has 0 radical (unpaired) electrons. The summed E-state index contributed by atoms with van der Waals surface area (Å²) < 4.78 is 0. The van der Waals surface area contributed by atoms with Gasteiger partial charge in [-0.15, -0.1) is 0 Å². The molecule has 2 rings (SSSR count). The molecular weight excluding hydrogens is 298 g/mol. The van der Waals surface area contributed by atoms with Crippen LogP contribution in [0.2, 0.25) is 0 Å². The van der Waals surface area contributed by atoms with E-state index in [0.717, 1.165) is 11.4 Å². The highest BCUT2D eigenvalue weighted by molar-refractivity contribution is 6.03. The van der Waals surface area contributed by atoms with E-state index in [9.17, 15) is 4.79 Å². The highest BCUT2D eigenvalue weighted by atomic mass is 16.1. The van der Waals surface area contributed by atoms with Crippen molar-refractivity contribution >= 4 is 17.3 Å². The molecule has 2 aromatic rings. The average Bonchev–Trinajstić information content (AvgIpc) is 2.45. The van der Waals surface area contributed by atoms with E-state index < -0.39 is 0 Å². The van der Waals surface area contributed by atoms with E-state index in [2.05, 4.69) is 57.2 Å². The number of hydrogen-bond donors (Lipinski definition) is 2. The van der Waals surface area contributed by atoms with Crippen molar-refractivity contribution in [2.45, 2.75) is 52.5 Å². The van der Waals surface area contributed by atoms with Crippen LogP contribution in [0.3, 0.4) is 0 Å². The van der Waals surface area contributed by atoms with Crippen LogP contribution < -0.4 is 10.6 Å². The number of benzene rings is 1. The number of rotatable bonds is 3. The highest BCUT2D eigenvalue weighted by Gasteiger charge is 2.15. The van der Waals surface area contributed by atoms with Gasteiger partial charge in [-0.1, -0.05) is 32.9 Å². The Morgan fingerprint density at radius 1 is 0.917 bits per heavy atom. The normalized spacial score (nSPS) is 11.9. The fourth-order valence-corrected chi connectivity index (χ4v) is 2.31. The molecule has 4 nitrogen and oxygen atoms in total. The number of carbonyl (C=O) groups is 1. The van der Waals surface area contributed by atoms with Gasteiger partial charge in [-0.25, -0.2) is 0 Å². The Morgan fingerprint density at radius 2 is 1.54 bits per heavy atom. The summed E-state index contributed by atoms with van der Waals surface area (Å²) in [4.78, 5) is 16.6. The fourth-order valence-electron chi connectivity index (χ4n) is 2.31. The summed E-state index contributed by atoms with van der Waals surface area (Å²) in [5, 5.41) is 6.24. The van der Waals surface area contributed by atoms with Crippen molar-refractivity contribution in [3.05, 3.63) is 53.9 Å². The SMILES string of the molecule is CC(C)(C)Nc1ccnc(C(=O)Nc2ccc(C(C)(C)C)cc2)c1. The first kappa shape index (κ1) is 18.0. The van der Waals surface area contributed by atoms with Crippen LogP contribution in [-0.4, -0.2) is 16.4 Å². The number of carbonyl (C=O) groups excluding carboxylic acids is 1. The lowest BCUT2D eigenvalue weighted by Gasteiger charge is -2.22. The molecule has 1 aromatic carbocycles. The summed E-state index contributed by atoms with van der Waals surface area (Å²) in [5.41, 5.74) is 3.29. The van der Waals surface area contributed by atoms with Crippen LogP contribution in [0.1, 0.15) is 57.6 Å². The second kappa shape index (κ2) is 6.63. The van der Waals surface area contributed by atoms with Crippen LogP contribution in [0.15, 0.2) is 42.6 Å². The van der Waals surface area contributed by atoms with Gasteiger partial charge in [0.1, 0.15) is 5.69 Å². The monoisotopic (exact) mass is 325 g/mol. The molecule has 128 valence electrons. The van der Waals surface area contributed by atoms with E-state index in [-0.39, 0.29) is 16.9 Å². The summed E-state index contributed by atoms with van der Waals surface area (Å²) >= 11 is 0. The molecule has 4 heteroatoms. The summed E-state index contributed by atoms with van der Waals surface area (Å²) in [6.07, 6.45) is 1.64. The third-order valence-corrected chi connectivity index (χ3v) is 3.52. The van der Waals surface area contributed by atoms with E-state index in [0.29, 0.717) is 5.69 Å². The second-order valence-corrected chi connectivity index (χ2v) is 8.09. The van der Waals surface area contributed by atoms with Gasteiger partial charge < -0.3 is 10.6 Å². The topological polar surface area (TPSA) is 54.0 Å². The molecule has 0 unspecified atom stereocenters. The predicted molar refractivity (Wildman–Crippen MR) is 101 cm³/mol. The highest BCUT2D eigenvalue weighted by Crippen LogP contribution is 2.23. The Kier molecular flexibility index (Phi) is 4.97. The number of hydrogen-bond acceptors (Lipinski definition) is 3. The predicted octanol–water partition coefficient (Wildman–Crippen LogP) is 4.84. The summed E-state index contributed by atoms with van der Waals surface area (Å²) in [6.45, 7) is 12.7. The van der Waals surface area contributed by atoms with Gasteiger partial charge in [-0.3, -0.25) is 9.78 Å². The fraction of sp³-hybridized carbons (Fsp3) is 0.400. The Balaban J connectivity index is 2.11. The molecule has 0 saturated heterocycles. The molecule has 1 aromatic heterocycles. The molecule has 0 aliphatic carbocycles. The second-order valence-electron chi connectivity index (χ2n) is 8.09. The number of nitrogens with zero attached hydrogens (tertiary/aromatic N) is 1. The summed E-state index contributed by atoms with van der Waals surface area (Å²) in [5.74, 6) is -0.212. The van der Waals surface area contributed by atoms with Crippen LogP contribution in [0, 0.1) is 0 Å². The Labute approximate surface area is 144 Å². The van der Waals surface area contributed by atoms with Crippen molar-refractivity contribution in [3.8, 4) is 0 Å². The lowest BCUT2D eigenvalue weighted by molar-refractivity contribution is 0.102. The summed E-state index contributed by atoms with van der Waals surface area (Å²) in [7, 11) is 0. The molecule has 1 amide bonds. The van der Waals surface area contributed by atoms with E-state index in [1.54, 1.807) is 12.3 Å². The average molecular weight is 325 g/mol. The zero-order chi connectivity index (χ0) is 18.0. The molecule has 0 fully saturated rings. The quantitative estimate of drug-likeness (QED) is 0.849. The van der Waals surface area contributed by atoms with Crippen LogP contribution in [0.25, 0.3) is 0 Å². The molecule has 24 heavy (non-hydrogen) atoms. The van der Waals surface area contributed by atoms with E-state index >= 15 is 0 Å². The van der Waals surface area contributed by atoms with Crippen molar-refractivity contribution in [1.82, 2.24) is 4.98 Å². The molecular formula is C20H27N3O. The zero-order valence-corrected chi connectivity index (χ0v) is 15.4. The maximum Gasteiger partial charge on any atom is 0.274 e. The Hall–Kier alpha value is -2.36. The lowest BCUT2D eigenvalue weighted by Crippen LogP contribution is -2.26. The molecule has 0 spiro atoms. The molecule has 0 aliphatic heterocycles. The van der Waals surface area contributed by atoms with Gasteiger partial charge in [0.25, 0.3) is 5.91 Å². The standard InChI is InChI=1S/C20H27N3O/c1-19(2,3)14-7-9-15(10-8-14)22-18(24)17-13-16(11-12-21-17)23-20(4,5)6/h7-13H,1-6H3,(H,21,23)(H,22,24). The first-order chi connectivity index (χ1) is 11.0. The molecule has 0 atom stereocenters. The first-order valence-electron chi connectivity index (χ1n) is 8.21. The number of anilines is 2. The van der Waals surface area contributed by atoms with Gasteiger partial charge >= 0.3 is 0 Å². The molecule has 1 heterocycles. The lowest BCUT2D eigenvalue weighted by atomic mass is 9.87. The molecule has 0 bridgehead atoms. The van der Waals surface area contributed by atoms with Crippen molar-refractivity contribution < 1.29 is 4.79 Å². The first-order valence-corrected chi connectivity index (χ1v) is 8.21.